The molecule has 16 nitrogen and oxygen atoms in total. The Morgan fingerprint density at radius 2 is 1.17 bits per heavy atom. The molecule has 4 heterocycles. The van der Waals surface area contributed by atoms with Crippen molar-refractivity contribution in [1.29, 1.82) is 0 Å². The van der Waals surface area contributed by atoms with E-state index in [2.05, 4.69) is 30.7 Å². The number of likely N-dealkylation sites (tertiary alicyclic amines) is 2. The van der Waals surface area contributed by atoms with Crippen LogP contribution in [0, 0.1) is 11.8 Å². The minimum Gasteiger partial charge on any atom is -0.465 e. The van der Waals surface area contributed by atoms with Gasteiger partial charge >= 0.3 is 12.2 Å². The Balaban J connectivity index is 1.16. The maximum Gasteiger partial charge on any atom is 0.407 e. The van der Waals surface area contributed by atoms with Crippen molar-refractivity contribution in [1.82, 2.24) is 25.0 Å². The number of halogens is 4. The van der Waals surface area contributed by atoms with E-state index in [1.165, 1.54) is 0 Å². The van der Waals surface area contributed by atoms with Gasteiger partial charge in [0.05, 0.1) is 38.5 Å². The Labute approximate surface area is 370 Å². The zero-order chi connectivity index (χ0) is 47.1. The van der Waals surface area contributed by atoms with Crippen molar-refractivity contribution in [2.75, 3.05) is 37.9 Å². The van der Waals surface area contributed by atoms with Crippen LogP contribution in [0.4, 0.5) is 38.5 Å². The highest BCUT2D eigenvalue weighted by molar-refractivity contribution is 6.02. The lowest BCUT2D eigenvalue weighted by Crippen LogP contribution is -2.54. The van der Waals surface area contributed by atoms with E-state index in [0.717, 1.165) is 29.6 Å². The molecular weight excluding hydrogens is 859 g/mol. The highest BCUT2D eigenvalue weighted by atomic mass is 19.3. The largest absolute Gasteiger partial charge is 0.465 e. The molecule has 0 radical (unpaired) electrons. The quantitative estimate of drug-likeness (QED) is 0.124. The molecule has 7 rings (SSSR count). The Morgan fingerprint density at radius 1 is 0.677 bits per heavy atom. The molecule has 2 saturated heterocycles. The SMILES string of the molecule is COC(=O)N[C@H](C(=O)N1CC(F)(F)C[C@H]1C(=O)Nc1ccc2c(c1)OC(c1ccccc1)n1c-2cc2cc(NC(=O)[C@@H]3CC(F)(F)CN3C(=O)[C@@H](NC(=O)OC)C(C)C)ccc21)C(C)C. The van der Waals surface area contributed by atoms with Gasteiger partial charge in [0.15, 0.2) is 0 Å². The number of nitrogens with zero attached hydrogens (tertiary/aromatic N) is 3. The summed E-state index contributed by atoms with van der Waals surface area (Å²) in [7, 11) is 2.21. The van der Waals surface area contributed by atoms with Crippen LogP contribution in [0.25, 0.3) is 22.2 Å². The molecule has 1 unspecified atom stereocenters. The molecule has 346 valence electrons. The molecule has 20 heteroatoms. The highest BCUT2D eigenvalue weighted by Crippen LogP contribution is 2.46. The molecule has 0 bridgehead atoms. The molecule has 6 amide bonds. The van der Waals surface area contributed by atoms with Crippen molar-refractivity contribution < 1.29 is 60.5 Å². The predicted molar refractivity (Wildman–Crippen MR) is 228 cm³/mol. The number of methoxy groups -OCH3 is 2. The maximum absolute atomic E-state index is 14.9. The van der Waals surface area contributed by atoms with Crippen LogP contribution in [0.5, 0.6) is 5.75 Å². The van der Waals surface area contributed by atoms with Crippen LogP contribution in [0.1, 0.15) is 52.3 Å². The summed E-state index contributed by atoms with van der Waals surface area (Å²) in [6.07, 6.45) is -4.49. The first-order valence-corrected chi connectivity index (χ1v) is 20.9. The minimum atomic E-state index is -3.38. The van der Waals surface area contributed by atoms with Crippen LogP contribution < -0.4 is 26.0 Å². The van der Waals surface area contributed by atoms with Crippen LogP contribution in [0.3, 0.4) is 0 Å². The summed E-state index contributed by atoms with van der Waals surface area (Å²) >= 11 is 0. The summed E-state index contributed by atoms with van der Waals surface area (Å²) in [5.74, 6) is -10.9. The fraction of sp³-hybridized carbons (Fsp3) is 0.422. The first-order chi connectivity index (χ1) is 30.7. The second-order valence-electron chi connectivity index (χ2n) is 17.0. The second-order valence-corrected chi connectivity index (χ2v) is 17.0. The van der Waals surface area contributed by atoms with Gasteiger partial charge in [0, 0.05) is 46.8 Å². The number of hydrogen-bond donors (Lipinski definition) is 4. The van der Waals surface area contributed by atoms with E-state index >= 15 is 0 Å². The number of aromatic nitrogens is 1. The molecule has 5 atom stereocenters. The Kier molecular flexibility index (Phi) is 12.7. The summed E-state index contributed by atoms with van der Waals surface area (Å²) in [5, 5.41) is 10.7. The molecule has 3 aromatic carbocycles. The van der Waals surface area contributed by atoms with E-state index in [9.17, 15) is 46.3 Å². The highest BCUT2D eigenvalue weighted by Gasteiger charge is 2.53. The molecule has 2 fully saturated rings. The van der Waals surface area contributed by atoms with E-state index in [4.69, 9.17) is 4.74 Å². The average molecular weight is 908 g/mol. The molecule has 0 saturated carbocycles. The lowest BCUT2D eigenvalue weighted by atomic mass is 10.0. The Morgan fingerprint density at radius 3 is 1.66 bits per heavy atom. The van der Waals surface area contributed by atoms with Gasteiger partial charge in [0.1, 0.15) is 29.9 Å². The smallest absolute Gasteiger partial charge is 0.407 e. The molecule has 3 aliphatic heterocycles. The number of carbonyl (C=O) groups is 6. The van der Waals surface area contributed by atoms with Crippen molar-refractivity contribution >= 4 is 58.1 Å². The van der Waals surface area contributed by atoms with E-state index < -0.39 is 116 Å². The van der Waals surface area contributed by atoms with Crippen LogP contribution in [0.2, 0.25) is 0 Å². The molecule has 4 N–H and O–H groups in total. The third-order valence-corrected chi connectivity index (χ3v) is 11.7. The summed E-state index contributed by atoms with van der Waals surface area (Å²) in [6.45, 7) is 4.44. The normalized spacial score (nSPS) is 20.3. The molecule has 65 heavy (non-hydrogen) atoms. The summed E-state index contributed by atoms with van der Waals surface area (Å²) in [6, 6.07) is 15.2. The number of ether oxygens (including phenoxy) is 3. The lowest BCUT2D eigenvalue weighted by Gasteiger charge is -2.31. The number of fused-ring (bicyclic) bond motifs is 5. The van der Waals surface area contributed by atoms with Crippen molar-refractivity contribution in [3.8, 4) is 17.0 Å². The lowest BCUT2D eigenvalue weighted by molar-refractivity contribution is -0.140. The molecule has 0 spiro atoms. The predicted octanol–water partition coefficient (Wildman–Crippen LogP) is 6.36. The molecule has 4 aromatic rings. The zero-order valence-electron chi connectivity index (χ0n) is 36.3. The van der Waals surface area contributed by atoms with Gasteiger partial charge in [-0.05, 0) is 48.2 Å². The Bertz CT molecular complexity index is 2520. The van der Waals surface area contributed by atoms with Crippen LogP contribution in [-0.4, -0.2) is 114 Å². The minimum absolute atomic E-state index is 0.191. The number of nitrogens with one attached hydrogen (secondary N) is 4. The molecule has 1 aromatic heterocycles. The van der Waals surface area contributed by atoms with Crippen molar-refractivity contribution in [3.05, 3.63) is 78.4 Å². The second kappa shape index (κ2) is 18.0. The summed E-state index contributed by atoms with van der Waals surface area (Å²) in [5.41, 5.74) is 3.09. The topological polar surface area (TPSA) is 190 Å². The van der Waals surface area contributed by atoms with Crippen molar-refractivity contribution in [3.63, 3.8) is 0 Å². The number of benzene rings is 3. The van der Waals surface area contributed by atoms with Crippen LogP contribution in [-0.2, 0) is 28.7 Å². The molecule has 0 aliphatic carbocycles. The number of amides is 6. The van der Waals surface area contributed by atoms with Gasteiger partial charge in [0.2, 0.25) is 29.9 Å². The standard InChI is InChI=1S/C45H49F4N7O9/c1-23(2)35(52-42(61)63-5)39(59)54-21-44(46,47)19-32(54)37(57)50-27-13-15-30-26(16-27)17-31-29-14-12-28(18-34(29)65-41(56(30)31)25-10-8-7-9-11-25)51-38(58)33-20-45(48,49)22-55(33)40(60)36(24(3)4)53-43(62)64-6/h7-18,23-24,32-33,35-36,41H,19-22H2,1-6H3,(H,50,57)(H,51,58)(H,52,61)(H,53,62)/t32-,33-,35-,36-,41?/m0/s1. The third-order valence-electron chi connectivity index (χ3n) is 11.7. The van der Waals surface area contributed by atoms with Gasteiger partial charge in [-0.3, -0.25) is 19.2 Å². The first-order valence-electron chi connectivity index (χ1n) is 20.9. The van der Waals surface area contributed by atoms with Gasteiger partial charge in [-0.15, -0.1) is 0 Å². The first kappa shape index (κ1) is 46.1. The number of rotatable bonds is 11. The number of anilines is 2. The van der Waals surface area contributed by atoms with Crippen LogP contribution >= 0.6 is 0 Å². The van der Waals surface area contributed by atoms with E-state index in [1.807, 2.05) is 41.0 Å². The fourth-order valence-electron chi connectivity index (χ4n) is 8.46. The number of hydrogen-bond acceptors (Lipinski definition) is 9. The van der Waals surface area contributed by atoms with E-state index in [0.29, 0.717) is 27.9 Å². The summed E-state index contributed by atoms with van der Waals surface area (Å²) < 4.78 is 77.3. The van der Waals surface area contributed by atoms with E-state index in [1.54, 1.807) is 64.1 Å². The number of alkyl halides is 4. The van der Waals surface area contributed by atoms with Gasteiger partial charge in [-0.25, -0.2) is 27.2 Å². The van der Waals surface area contributed by atoms with E-state index in [-0.39, 0.29) is 11.4 Å². The van der Waals surface area contributed by atoms with Crippen LogP contribution in [0.15, 0.2) is 72.8 Å². The van der Waals surface area contributed by atoms with Crippen molar-refractivity contribution in [2.45, 2.75) is 82.8 Å². The monoisotopic (exact) mass is 907 g/mol. The van der Waals surface area contributed by atoms with Gasteiger partial charge in [-0.2, -0.15) is 0 Å². The maximum atomic E-state index is 14.9. The molecule has 3 aliphatic rings. The third kappa shape index (κ3) is 9.51. The average Bonchev–Trinajstić information content (AvgIpc) is 3.93. The van der Waals surface area contributed by atoms with Crippen molar-refractivity contribution in [2.24, 2.45) is 11.8 Å². The Hall–Kier alpha value is -6.86. The zero-order valence-corrected chi connectivity index (χ0v) is 36.3. The summed E-state index contributed by atoms with van der Waals surface area (Å²) in [4.78, 5) is 80.1. The van der Waals surface area contributed by atoms with Gasteiger partial charge < -0.3 is 49.8 Å². The molecular formula is C45H49F4N7O9. The van der Waals surface area contributed by atoms with Gasteiger partial charge in [-0.1, -0.05) is 58.0 Å². The number of alkyl carbamates (subject to hydrolysis) is 2. The fourth-order valence-corrected chi connectivity index (χ4v) is 8.46. The number of carbonyl (C=O) groups excluding carboxylic acids is 6. The van der Waals surface area contributed by atoms with Gasteiger partial charge in [0.25, 0.3) is 11.8 Å².